The Hall–Kier alpha value is -3.45. The zero-order chi connectivity index (χ0) is 17.8. The van der Waals surface area contributed by atoms with Gasteiger partial charge >= 0.3 is 0 Å². The van der Waals surface area contributed by atoms with Gasteiger partial charge in [-0.05, 0) is 35.7 Å². The Morgan fingerprint density at radius 3 is 2.77 bits per heavy atom. The second kappa shape index (κ2) is 7.20. The molecule has 0 spiro atoms. The van der Waals surface area contributed by atoms with Crippen molar-refractivity contribution in [3.05, 3.63) is 82.9 Å². The minimum absolute atomic E-state index is 0.244. The van der Waals surface area contributed by atoms with Crippen molar-refractivity contribution >= 4 is 23.5 Å². The van der Waals surface area contributed by atoms with Crippen LogP contribution in [0, 0.1) is 0 Å². The van der Waals surface area contributed by atoms with Crippen LogP contribution in [-0.4, -0.2) is 21.9 Å². The number of carbonyl (C=O) groups excluding carboxylic acids is 1. The van der Waals surface area contributed by atoms with Gasteiger partial charge in [0.05, 0.1) is 23.0 Å². The van der Waals surface area contributed by atoms with Gasteiger partial charge < -0.3 is 4.42 Å². The number of amides is 1. The summed E-state index contributed by atoms with van der Waals surface area (Å²) in [6.45, 7) is 0. The van der Waals surface area contributed by atoms with Crippen molar-refractivity contribution in [1.29, 1.82) is 0 Å². The third-order valence-corrected chi connectivity index (χ3v) is 4.50. The predicted molar refractivity (Wildman–Crippen MR) is 101 cm³/mol. The van der Waals surface area contributed by atoms with Crippen molar-refractivity contribution in [2.24, 2.45) is 5.10 Å². The Morgan fingerprint density at radius 1 is 1.15 bits per heavy atom. The lowest BCUT2D eigenvalue weighted by Gasteiger charge is -1.98. The number of hydrogen-bond acceptors (Lipinski definition) is 5. The molecule has 0 radical (unpaired) electrons. The summed E-state index contributed by atoms with van der Waals surface area (Å²) in [5.74, 6) is 0.386. The molecule has 0 saturated heterocycles. The summed E-state index contributed by atoms with van der Waals surface area (Å²) in [6.07, 6.45) is 5.00. The number of nitrogens with zero attached hydrogens (tertiary/aromatic N) is 3. The second-order valence-electron chi connectivity index (χ2n) is 5.37. The van der Waals surface area contributed by atoms with E-state index >= 15 is 0 Å². The molecule has 0 aliphatic carbocycles. The lowest BCUT2D eigenvalue weighted by Crippen LogP contribution is -2.16. The molecule has 0 fully saturated rings. The van der Waals surface area contributed by atoms with E-state index in [2.05, 4.69) is 15.6 Å². The first-order valence-electron chi connectivity index (χ1n) is 7.87. The van der Waals surface area contributed by atoms with Crippen molar-refractivity contribution in [3.63, 3.8) is 0 Å². The standard InChI is InChI=1S/C19H14N4O2S/c24-19(17-9-5-11-26-17)21-20-12-14-13-23(15-6-2-1-3-7-15)22-18(14)16-8-4-10-25-16/h1-13H,(H,21,24). The maximum atomic E-state index is 12.0. The molecule has 1 aromatic carbocycles. The topological polar surface area (TPSA) is 72.4 Å². The molecule has 128 valence electrons. The minimum atomic E-state index is -0.244. The summed E-state index contributed by atoms with van der Waals surface area (Å²) in [4.78, 5) is 12.6. The monoisotopic (exact) mass is 362 g/mol. The minimum Gasteiger partial charge on any atom is -0.463 e. The summed E-state index contributed by atoms with van der Waals surface area (Å²) in [5, 5.41) is 10.5. The summed E-state index contributed by atoms with van der Waals surface area (Å²) in [7, 11) is 0. The molecule has 0 bridgehead atoms. The Labute approximate surface area is 153 Å². The smallest absolute Gasteiger partial charge is 0.281 e. The molecular formula is C19H14N4O2S. The molecule has 1 amide bonds. The van der Waals surface area contributed by atoms with Crippen molar-refractivity contribution in [1.82, 2.24) is 15.2 Å². The lowest BCUT2D eigenvalue weighted by molar-refractivity contribution is 0.0959. The molecule has 0 saturated carbocycles. The van der Waals surface area contributed by atoms with E-state index in [1.807, 2.05) is 54.0 Å². The Bertz CT molecular complexity index is 1020. The van der Waals surface area contributed by atoms with Crippen LogP contribution in [0.1, 0.15) is 15.2 Å². The molecule has 6 nitrogen and oxygen atoms in total. The molecule has 7 heteroatoms. The van der Waals surface area contributed by atoms with Crippen LogP contribution in [0.25, 0.3) is 17.1 Å². The van der Waals surface area contributed by atoms with E-state index in [1.165, 1.54) is 11.3 Å². The van der Waals surface area contributed by atoms with Crippen molar-refractivity contribution < 1.29 is 9.21 Å². The number of nitrogens with one attached hydrogen (secondary N) is 1. The number of para-hydroxylation sites is 1. The summed E-state index contributed by atoms with van der Waals surface area (Å²) >= 11 is 1.36. The van der Waals surface area contributed by atoms with Gasteiger partial charge in [0.2, 0.25) is 0 Å². The zero-order valence-electron chi connectivity index (χ0n) is 13.6. The Kier molecular flexibility index (Phi) is 4.44. The fourth-order valence-electron chi connectivity index (χ4n) is 2.42. The SMILES string of the molecule is O=C(NN=Cc1cn(-c2ccccc2)nc1-c1ccco1)c1cccs1. The van der Waals surface area contributed by atoms with Crippen molar-refractivity contribution in [3.8, 4) is 17.1 Å². The average Bonchev–Trinajstić information content (AvgIpc) is 3.42. The number of hydrazone groups is 1. The van der Waals surface area contributed by atoms with E-state index in [-0.39, 0.29) is 5.91 Å². The maximum Gasteiger partial charge on any atom is 0.281 e. The van der Waals surface area contributed by atoms with Crippen LogP contribution < -0.4 is 5.43 Å². The van der Waals surface area contributed by atoms with E-state index in [0.717, 1.165) is 11.3 Å². The molecule has 26 heavy (non-hydrogen) atoms. The number of carbonyl (C=O) groups is 1. The number of benzene rings is 1. The first kappa shape index (κ1) is 16.0. The van der Waals surface area contributed by atoms with Gasteiger partial charge in [-0.25, -0.2) is 10.1 Å². The molecular weight excluding hydrogens is 348 g/mol. The largest absolute Gasteiger partial charge is 0.463 e. The number of furan rings is 1. The predicted octanol–water partition coefficient (Wildman–Crippen LogP) is 3.96. The van der Waals surface area contributed by atoms with Crippen LogP contribution in [0.3, 0.4) is 0 Å². The Balaban J connectivity index is 1.63. The molecule has 0 aliphatic rings. The van der Waals surface area contributed by atoms with Gasteiger partial charge in [0, 0.05) is 11.8 Å². The van der Waals surface area contributed by atoms with E-state index < -0.39 is 0 Å². The summed E-state index contributed by atoms with van der Waals surface area (Å²) < 4.78 is 7.22. The number of aromatic nitrogens is 2. The first-order valence-corrected chi connectivity index (χ1v) is 8.75. The normalized spacial score (nSPS) is 11.1. The summed E-state index contributed by atoms with van der Waals surface area (Å²) in [5.41, 5.74) is 4.83. The Morgan fingerprint density at radius 2 is 2.04 bits per heavy atom. The first-order chi connectivity index (χ1) is 12.8. The van der Waals surface area contributed by atoms with Crippen LogP contribution in [0.4, 0.5) is 0 Å². The molecule has 0 unspecified atom stereocenters. The number of rotatable bonds is 5. The molecule has 0 atom stereocenters. The second-order valence-corrected chi connectivity index (χ2v) is 6.31. The van der Waals surface area contributed by atoms with Gasteiger partial charge in [0.25, 0.3) is 5.91 Å². The quantitative estimate of drug-likeness (QED) is 0.431. The van der Waals surface area contributed by atoms with Gasteiger partial charge in [-0.15, -0.1) is 11.3 Å². The van der Waals surface area contributed by atoms with Crippen LogP contribution >= 0.6 is 11.3 Å². The zero-order valence-corrected chi connectivity index (χ0v) is 14.4. The van der Waals surface area contributed by atoms with E-state index in [0.29, 0.717) is 16.3 Å². The highest BCUT2D eigenvalue weighted by Crippen LogP contribution is 2.23. The highest BCUT2D eigenvalue weighted by atomic mass is 32.1. The average molecular weight is 362 g/mol. The van der Waals surface area contributed by atoms with Gasteiger partial charge in [0.15, 0.2) is 5.76 Å². The fourth-order valence-corrected chi connectivity index (χ4v) is 3.04. The van der Waals surface area contributed by atoms with E-state index in [1.54, 1.807) is 29.3 Å². The molecule has 3 aromatic heterocycles. The van der Waals surface area contributed by atoms with Crippen LogP contribution in [-0.2, 0) is 0 Å². The lowest BCUT2D eigenvalue weighted by atomic mass is 10.2. The van der Waals surface area contributed by atoms with Crippen molar-refractivity contribution in [2.45, 2.75) is 0 Å². The van der Waals surface area contributed by atoms with E-state index in [4.69, 9.17) is 4.42 Å². The van der Waals surface area contributed by atoms with Gasteiger partial charge in [-0.1, -0.05) is 24.3 Å². The maximum absolute atomic E-state index is 12.0. The van der Waals surface area contributed by atoms with Crippen LogP contribution in [0.15, 0.2) is 82.0 Å². The fraction of sp³-hybridized carbons (Fsp3) is 0. The van der Waals surface area contributed by atoms with Crippen LogP contribution in [0.2, 0.25) is 0 Å². The summed E-state index contributed by atoms with van der Waals surface area (Å²) in [6, 6.07) is 17.0. The number of thiophene rings is 1. The molecule has 3 heterocycles. The molecule has 1 N–H and O–H groups in total. The van der Waals surface area contributed by atoms with Gasteiger partial charge in [-0.2, -0.15) is 10.2 Å². The molecule has 4 rings (SSSR count). The van der Waals surface area contributed by atoms with Crippen LogP contribution in [0.5, 0.6) is 0 Å². The van der Waals surface area contributed by atoms with Gasteiger partial charge in [0.1, 0.15) is 5.69 Å². The van der Waals surface area contributed by atoms with Gasteiger partial charge in [-0.3, -0.25) is 4.79 Å². The highest BCUT2D eigenvalue weighted by Gasteiger charge is 2.13. The van der Waals surface area contributed by atoms with E-state index in [9.17, 15) is 4.79 Å². The number of hydrogen-bond donors (Lipinski definition) is 1. The molecule has 4 aromatic rings. The molecule has 0 aliphatic heterocycles. The highest BCUT2D eigenvalue weighted by molar-refractivity contribution is 7.12. The van der Waals surface area contributed by atoms with Crippen molar-refractivity contribution in [2.75, 3.05) is 0 Å². The third-order valence-electron chi connectivity index (χ3n) is 3.63. The third kappa shape index (κ3) is 3.33.